The van der Waals surface area contributed by atoms with Crippen molar-refractivity contribution in [2.24, 2.45) is 5.41 Å². The number of piperidine rings is 1. The van der Waals surface area contributed by atoms with Gasteiger partial charge in [-0.25, -0.2) is 0 Å². The van der Waals surface area contributed by atoms with Crippen LogP contribution in [0.25, 0.3) is 0 Å². The van der Waals surface area contributed by atoms with Crippen molar-refractivity contribution in [3.63, 3.8) is 0 Å². The predicted octanol–water partition coefficient (Wildman–Crippen LogP) is 1.44. The first-order valence-corrected chi connectivity index (χ1v) is 6.28. The van der Waals surface area contributed by atoms with Gasteiger partial charge in [-0.15, -0.1) is 0 Å². The van der Waals surface area contributed by atoms with Crippen LogP contribution in [-0.2, 0) is 16.1 Å². The molecule has 0 amide bonds. The number of carboxylic acids is 2. The Morgan fingerprint density at radius 2 is 1.79 bits per heavy atom. The maximum Gasteiger partial charge on any atom is 0.322 e. The van der Waals surface area contributed by atoms with Crippen molar-refractivity contribution >= 4 is 11.9 Å². The molecule has 5 nitrogen and oxygen atoms in total. The van der Waals surface area contributed by atoms with E-state index in [4.69, 9.17) is 0 Å². The molecule has 1 heterocycles. The zero-order valence-electron chi connectivity index (χ0n) is 10.6. The van der Waals surface area contributed by atoms with Crippen LogP contribution in [0.4, 0.5) is 0 Å². The molecule has 0 saturated carbocycles. The van der Waals surface area contributed by atoms with Crippen LogP contribution in [0.3, 0.4) is 0 Å². The fourth-order valence-electron chi connectivity index (χ4n) is 2.56. The maximum atomic E-state index is 11.3. The number of hydrogen-bond acceptors (Lipinski definition) is 3. The molecule has 19 heavy (non-hydrogen) atoms. The molecule has 1 aromatic rings. The molecule has 5 heteroatoms. The SMILES string of the molecule is O=C(O)C1(C(=O)O)CCCN(Cc2ccccc2)C1. The highest BCUT2D eigenvalue weighted by Crippen LogP contribution is 2.31. The second kappa shape index (κ2) is 5.40. The molecule has 1 aliphatic heterocycles. The summed E-state index contributed by atoms with van der Waals surface area (Å²) in [5, 5.41) is 18.5. The number of aliphatic carboxylic acids is 2. The van der Waals surface area contributed by atoms with Gasteiger partial charge >= 0.3 is 11.9 Å². The highest BCUT2D eigenvalue weighted by Gasteiger charge is 2.49. The van der Waals surface area contributed by atoms with E-state index in [0.29, 0.717) is 13.0 Å². The second-order valence-corrected chi connectivity index (χ2v) is 4.99. The number of likely N-dealkylation sites (tertiary alicyclic amines) is 1. The summed E-state index contributed by atoms with van der Waals surface area (Å²) in [4.78, 5) is 24.5. The van der Waals surface area contributed by atoms with E-state index in [9.17, 15) is 19.8 Å². The van der Waals surface area contributed by atoms with Gasteiger partial charge < -0.3 is 10.2 Å². The molecule has 1 aliphatic rings. The van der Waals surface area contributed by atoms with Gasteiger partial charge in [0.15, 0.2) is 5.41 Å². The summed E-state index contributed by atoms with van der Waals surface area (Å²) in [5.74, 6) is -2.48. The second-order valence-electron chi connectivity index (χ2n) is 4.99. The fraction of sp³-hybridized carbons (Fsp3) is 0.429. The Kier molecular flexibility index (Phi) is 3.85. The van der Waals surface area contributed by atoms with Crippen molar-refractivity contribution in [2.45, 2.75) is 19.4 Å². The van der Waals surface area contributed by atoms with E-state index in [0.717, 1.165) is 12.1 Å². The Morgan fingerprint density at radius 1 is 1.16 bits per heavy atom. The molecule has 0 aliphatic carbocycles. The van der Waals surface area contributed by atoms with Crippen LogP contribution in [-0.4, -0.2) is 40.1 Å². The van der Waals surface area contributed by atoms with Crippen LogP contribution < -0.4 is 0 Å². The molecular weight excluding hydrogens is 246 g/mol. The zero-order valence-corrected chi connectivity index (χ0v) is 10.6. The topological polar surface area (TPSA) is 77.8 Å². The van der Waals surface area contributed by atoms with E-state index < -0.39 is 17.4 Å². The Labute approximate surface area is 111 Å². The van der Waals surface area contributed by atoms with E-state index in [1.165, 1.54) is 0 Å². The van der Waals surface area contributed by atoms with Crippen molar-refractivity contribution in [1.82, 2.24) is 4.90 Å². The lowest BCUT2D eigenvalue weighted by molar-refractivity contribution is -0.169. The Balaban J connectivity index is 2.12. The molecule has 0 aromatic heterocycles. The lowest BCUT2D eigenvalue weighted by atomic mass is 9.80. The lowest BCUT2D eigenvalue weighted by Gasteiger charge is -2.37. The van der Waals surface area contributed by atoms with Gasteiger partial charge in [-0.2, -0.15) is 0 Å². The molecule has 1 aromatic carbocycles. The molecule has 0 spiro atoms. The van der Waals surface area contributed by atoms with Crippen LogP contribution in [0.5, 0.6) is 0 Å². The van der Waals surface area contributed by atoms with Crippen molar-refractivity contribution < 1.29 is 19.8 Å². The third kappa shape index (κ3) is 2.76. The van der Waals surface area contributed by atoms with Gasteiger partial charge in [0.05, 0.1) is 0 Å². The van der Waals surface area contributed by atoms with E-state index >= 15 is 0 Å². The Hall–Kier alpha value is -1.88. The third-order valence-corrected chi connectivity index (χ3v) is 3.64. The fourth-order valence-corrected chi connectivity index (χ4v) is 2.56. The Morgan fingerprint density at radius 3 is 2.37 bits per heavy atom. The first kappa shape index (κ1) is 13.5. The summed E-state index contributed by atoms with van der Waals surface area (Å²) < 4.78 is 0. The first-order chi connectivity index (χ1) is 9.04. The van der Waals surface area contributed by atoms with Crippen LogP contribution in [0.15, 0.2) is 30.3 Å². The monoisotopic (exact) mass is 263 g/mol. The summed E-state index contributed by atoms with van der Waals surface area (Å²) in [5.41, 5.74) is -0.596. The van der Waals surface area contributed by atoms with Gasteiger partial charge in [0, 0.05) is 13.1 Å². The number of carboxylic acid groups (broad SMARTS) is 2. The number of rotatable bonds is 4. The summed E-state index contributed by atoms with van der Waals surface area (Å²) in [6.07, 6.45) is 0.786. The highest BCUT2D eigenvalue weighted by atomic mass is 16.4. The summed E-state index contributed by atoms with van der Waals surface area (Å²) in [6.45, 7) is 1.38. The van der Waals surface area contributed by atoms with Crippen molar-refractivity contribution in [3.8, 4) is 0 Å². The quantitative estimate of drug-likeness (QED) is 0.804. The van der Waals surface area contributed by atoms with E-state index in [2.05, 4.69) is 0 Å². The maximum absolute atomic E-state index is 11.3. The molecule has 0 unspecified atom stereocenters. The number of hydrogen-bond donors (Lipinski definition) is 2. The van der Waals surface area contributed by atoms with Gasteiger partial charge in [0.2, 0.25) is 0 Å². The minimum absolute atomic E-state index is 0.0621. The van der Waals surface area contributed by atoms with Gasteiger partial charge in [0.25, 0.3) is 0 Å². The molecule has 0 bridgehead atoms. The smallest absolute Gasteiger partial charge is 0.322 e. The molecule has 2 rings (SSSR count). The van der Waals surface area contributed by atoms with E-state index in [1.807, 2.05) is 35.2 Å². The molecule has 1 fully saturated rings. The number of nitrogens with zero attached hydrogens (tertiary/aromatic N) is 1. The van der Waals surface area contributed by atoms with Crippen LogP contribution in [0.2, 0.25) is 0 Å². The molecule has 102 valence electrons. The van der Waals surface area contributed by atoms with Crippen LogP contribution >= 0.6 is 0 Å². The molecule has 0 atom stereocenters. The number of carbonyl (C=O) groups is 2. The van der Waals surface area contributed by atoms with Crippen LogP contribution in [0, 0.1) is 5.41 Å². The normalized spacial score (nSPS) is 18.9. The average molecular weight is 263 g/mol. The average Bonchev–Trinajstić information content (AvgIpc) is 2.39. The van der Waals surface area contributed by atoms with Gasteiger partial charge in [-0.05, 0) is 24.9 Å². The van der Waals surface area contributed by atoms with Crippen molar-refractivity contribution in [3.05, 3.63) is 35.9 Å². The highest BCUT2D eigenvalue weighted by molar-refractivity contribution is 5.98. The standard InChI is InChI=1S/C14H17NO4/c16-12(17)14(13(18)19)7-4-8-15(10-14)9-11-5-2-1-3-6-11/h1-3,5-6H,4,7-10H2,(H,16,17)(H,18,19). The van der Waals surface area contributed by atoms with Crippen molar-refractivity contribution in [1.29, 1.82) is 0 Å². The predicted molar refractivity (Wildman–Crippen MR) is 68.7 cm³/mol. The summed E-state index contributed by atoms with van der Waals surface area (Å²) >= 11 is 0. The van der Waals surface area contributed by atoms with Crippen molar-refractivity contribution in [2.75, 3.05) is 13.1 Å². The summed E-state index contributed by atoms with van der Waals surface area (Å²) in [7, 11) is 0. The number of benzene rings is 1. The lowest BCUT2D eigenvalue weighted by Crippen LogP contribution is -2.52. The van der Waals surface area contributed by atoms with E-state index in [-0.39, 0.29) is 13.0 Å². The molecule has 1 saturated heterocycles. The van der Waals surface area contributed by atoms with Gasteiger partial charge in [-0.3, -0.25) is 14.5 Å². The van der Waals surface area contributed by atoms with Gasteiger partial charge in [0.1, 0.15) is 0 Å². The first-order valence-electron chi connectivity index (χ1n) is 6.28. The molecule has 2 N–H and O–H groups in total. The zero-order chi connectivity index (χ0) is 13.9. The Bertz CT molecular complexity index is 458. The summed E-state index contributed by atoms with van der Waals surface area (Å²) in [6, 6.07) is 9.66. The van der Waals surface area contributed by atoms with Crippen LogP contribution in [0.1, 0.15) is 18.4 Å². The molecule has 0 radical (unpaired) electrons. The van der Waals surface area contributed by atoms with Gasteiger partial charge in [-0.1, -0.05) is 30.3 Å². The third-order valence-electron chi connectivity index (χ3n) is 3.64. The largest absolute Gasteiger partial charge is 0.480 e. The molecular formula is C14H17NO4. The van der Waals surface area contributed by atoms with E-state index in [1.54, 1.807) is 0 Å². The minimum Gasteiger partial charge on any atom is -0.480 e. The minimum atomic E-state index is -1.66.